The number of allylic oxidation sites excluding steroid dienone is 4. The summed E-state index contributed by atoms with van der Waals surface area (Å²) < 4.78 is 0. The Morgan fingerprint density at radius 1 is 1.00 bits per heavy atom. The number of hydrogen-bond acceptors (Lipinski definition) is 1. The third-order valence-electron chi connectivity index (χ3n) is 3.94. The van der Waals surface area contributed by atoms with Crippen molar-refractivity contribution in [2.45, 2.75) is 58.3 Å². The van der Waals surface area contributed by atoms with Crippen LogP contribution >= 0.6 is 0 Å². The maximum Gasteiger partial charge on any atom is 0.0360 e. The number of hydrogen-bond donors (Lipinski definition) is 0. The van der Waals surface area contributed by atoms with Crippen LogP contribution in [0.3, 0.4) is 0 Å². The Morgan fingerprint density at radius 2 is 1.67 bits per heavy atom. The smallest absolute Gasteiger partial charge is 0.0360 e. The number of unbranched alkanes of at least 4 members (excludes halogenated alkanes) is 4. The van der Waals surface area contributed by atoms with Gasteiger partial charge in [-0.15, -0.1) is 6.58 Å². The third-order valence-corrected chi connectivity index (χ3v) is 3.94. The van der Waals surface area contributed by atoms with Crippen LogP contribution in [-0.4, -0.2) is 18.0 Å². The molecule has 0 N–H and O–H groups in total. The van der Waals surface area contributed by atoms with E-state index in [9.17, 15) is 0 Å². The van der Waals surface area contributed by atoms with Crippen LogP contribution in [0.15, 0.2) is 49.2 Å². The largest absolute Gasteiger partial charge is 0.368 e. The molecule has 0 amide bonds. The summed E-state index contributed by atoms with van der Waals surface area (Å²) in [6, 6.07) is 0. The van der Waals surface area contributed by atoms with E-state index in [1.807, 2.05) is 6.08 Å². The van der Waals surface area contributed by atoms with Gasteiger partial charge in [-0.25, -0.2) is 0 Å². The first-order valence-electron chi connectivity index (χ1n) is 8.64. The molecule has 0 bridgehead atoms. The van der Waals surface area contributed by atoms with Gasteiger partial charge in [-0.2, -0.15) is 0 Å². The maximum absolute atomic E-state index is 4.23. The van der Waals surface area contributed by atoms with Gasteiger partial charge in [0.2, 0.25) is 0 Å². The predicted molar refractivity (Wildman–Crippen MR) is 95.3 cm³/mol. The highest BCUT2D eigenvalue weighted by molar-refractivity contribution is 5.09. The number of nitrogens with zero attached hydrogens (tertiary/aromatic N) is 1. The Morgan fingerprint density at radius 3 is 2.29 bits per heavy atom. The number of rotatable bonds is 13. The minimum atomic E-state index is 0.740. The predicted octanol–water partition coefficient (Wildman–Crippen LogP) is 5.87. The maximum atomic E-state index is 4.23. The second-order valence-corrected chi connectivity index (χ2v) is 5.98. The van der Waals surface area contributed by atoms with Crippen molar-refractivity contribution in [2.75, 3.05) is 13.1 Å². The van der Waals surface area contributed by atoms with E-state index < -0.39 is 0 Å². The van der Waals surface area contributed by atoms with E-state index in [1.165, 1.54) is 44.2 Å². The van der Waals surface area contributed by atoms with Crippen molar-refractivity contribution < 1.29 is 0 Å². The minimum absolute atomic E-state index is 0.740. The minimum Gasteiger partial charge on any atom is -0.368 e. The van der Waals surface area contributed by atoms with Gasteiger partial charge in [-0.05, 0) is 44.4 Å². The Labute approximate surface area is 132 Å². The van der Waals surface area contributed by atoms with Gasteiger partial charge in [0.05, 0.1) is 0 Å². The molecule has 0 heterocycles. The van der Waals surface area contributed by atoms with Crippen molar-refractivity contribution in [1.29, 1.82) is 0 Å². The molecule has 0 aromatic carbocycles. The summed E-state index contributed by atoms with van der Waals surface area (Å²) in [5.74, 6) is 0.740. The summed E-state index contributed by atoms with van der Waals surface area (Å²) in [5.41, 5.74) is 1.30. The Bertz CT molecular complexity index is 347. The normalized spacial score (nSPS) is 14.9. The van der Waals surface area contributed by atoms with E-state index in [0.29, 0.717) is 0 Å². The van der Waals surface area contributed by atoms with Gasteiger partial charge < -0.3 is 4.90 Å². The lowest BCUT2D eigenvalue weighted by molar-refractivity contribution is 0.399. The van der Waals surface area contributed by atoms with Crippen molar-refractivity contribution in [2.24, 2.45) is 5.92 Å². The van der Waals surface area contributed by atoms with Crippen LogP contribution in [0.1, 0.15) is 58.3 Å². The van der Waals surface area contributed by atoms with Gasteiger partial charge >= 0.3 is 0 Å². The fourth-order valence-electron chi connectivity index (χ4n) is 2.40. The molecule has 0 unspecified atom stereocenters. The van der Waals surface area contributed by atoms with Crippen LogP contribution in [0, 0.1) is 5.92 Å². The molecule has 0 saturated heterocycles. The van der Waals surface area contributed by atoms with Crippen molar-refractivity contribution in [3.8, 4) is 0 Å². The lowest BCUT2D eigenvalue weighted by atomic mass is 10.2. The monoisotopic (exact) mass is 287 g/mol. The van der Waals surface area contributed by atoms with Crippen LogP contribution in [0.25, 0.3) is 0 Å². The molecule has 1 heteroatoms. The molecule has 0 spiro atoms. The van der Waals surface area contributed by atoms with Gasteiger partial charge in [-0.1, -0.05) is 56.7 Å². The average molecular weight is 287 g/mol. The molecule has 21 heavy (non-hydrogen) atoms. The fourth-order valence-corrected chi connectivity index (χ4v) is 2.40. The van der Waals surface area contributed by atoms with E-state index >= 15 is 0 Å². The zero-order valence-electron chi connectivity index (χ0n) is 13.9. The summed E-state index contributed by atoms with van der Waals surface area (Å²) in [7, 11) is 0. The van der Waals surface area contributed by atoms with Gasteiger partial charge in [0.25, 0.3) is 0 Å². The molecule has 1 rings (SSSR count). The SMILES string of the molecule is C=CCN(C/C=C\CC/C=C\CCCCC)C(=C)C1CC1. The molecule has 0 aromatic rings. The molecular formula is C20H33N. The molecule has 1 nitrogen and oxygen atoms in total. The highest BCUT2D eigenvalue weighted by Crippen LogP contribution is 2.37. The molecular weight excluding hydrogens is 254 g/mol. The molecule has 0 aromatic heterocycles. The summed E-state index contributed by atoms with van der Waals surface area (Å²) in [5, 5.41) is 0. The molecule has 1 aliphatic rings. The van der Waals surface area contributed by atoms with E-state index in [4.69, 9.17) is 0 Å². The van der Waals surface area contributed by atoms with Crippen LogP contribution in [-0.2, 0) is 0 Å². The van der Waals surface area contributed by atoms with Crippen LogP contribution in [0.4, 0.5) is 0 Å². The Hall–Kier alpha value is -1.24. The summed E-state index contributed by atoms with van der Waals surface area (Å²) in [6.45, 7) is 12.2. The van der Waals surface area contributed by atoms with Crippen molar-refractivity contribution in [1.82, 2.24) is 4.90 Å². The van der Waals surface area contributed by atoms with Crippen molar-refractivity contribution in [3.05, 3.63) is 49.2 Å². The second kappa shape index (κ2) is 11.4. The second-order valence-electron chi connectivity index (χ2n) is 5.98. The van der Waals surface area contributed by atoms with E-state index in [1.54, 1.807) is 0 Å². The lowest BCUT2D eigenvalue weighted by Crippen LogP contribution is -2.23. The summed E-state index contributed by atoms with van der Waals surface area (Å²) in [6.07, 6.45) is 21.4. The Kier molecular flexibility index (Phi) is 9.69. The lowest BCUT2D eigenvalue weighted by Gasteiger charge is -2.23. The summed E-state index contributed by atoms with van der Waals surface area (Å²) in [4.78, 5) is 2.35. The zero-order valence-corrected chi connectivity index (χ0v) is 13.9. The first-order valence-corrected chi connectivity index (χ1v) is 8.64. The third kappa shape index (κ3) is 8.60. The molecule has 118 valence electrons. The van der Waals surface area contributed by atoms with Crippen LogP contribution < -0.4 is 0 Å². The topological polar surface area (TPSA) is 3.24 Å². The molecule has 0 atom stereocenters. The van der Waals surface area contributed by atoms with Gasteiger partial charge in [0, 0.05) is 18.8 Å². The van der Waals surface area contributed by atoms with E-state index in [0.717, 1.165) is 31.8 Å². The fraction of sp³-hybridized carbons (Fsp3) is 0.600. The van der Waals surface area contributed by atoms with E-state index in [2.05, 4.69) is 49.3 Å². The van der Waals surface area contributed by atoms with E-state index in [-0.39, 0.29) is 0 Å². The van der Waals surface area contributed by atoms with Crippen LogP contribution in [0.2, 0.25) is 0 Å². The van der Waals surface area contributed by atoms with Gasteiger partial charge in [0.1, 0.15) is 0 Å². The first kappa shape index (κ1) is 17.8. The molecule has 0 radical (unpaired) electrons. The highest BCUT2D eigenvalue weighted by Gasteiger charge is 2.27. The standard InChI is InChI=1S/C20H33N/c1-4-6-7-8-9-10-11-12-13-14-18-21(17-5-2)19(3)20-15-16-20/h5,9-10,13-14,20H,2-4,6-8,11-12,15-18H2,1H3/b10-9-,14-13-. The van der Waals surface area contributed by atoms with Crippen molar-refractivity contribution >= 4 is 0 Å². The summed E-state index contributed by atoms with van der Waals surface area (Å²) >= 11 is 0. The molecule has 0 aliphatic heterocycles. The highest BCUT2D eigenvalue weighted by atomic mass is 15.1. The van der Waals surface area contributed by atoms with Crippen LogP contribution in [0.5, 0.6) is 0 Å². The van der Waals surface area contributed by atoms with Gasteiger partial charge in [-0.3, -0.25) is 0 Å². The quantitative estimate of drug-likeness (QED) is 0.302. The molecule has 1 aliphatic carbocycles. The molecule has 1 saturated carbocycles. The van der Waals surface area contributed by atoms with Crippen molar-refractivity contribution in [3.63, 3.8) is 0 Å². The average Bonchev–Trinajstić information content (AvgIpc) is 3.32. The molecule has 1 fully saturated rings. The first-order chi connectivity index (χ1) is 10.3. The zero-order chi connectivity index (χ0) is 15.3. The Balaban J connectivity index is 2.11. The van der Waals surface area contributed by atoms with Gasteiger partial charge in [0.15, 0.2) is 0 Å².